The van der Waals surface area contributed by atoms with E-state index in [-0.39, 0.29) is 5.91 Å². The van der Waals surface area contributed by atoms with Gasteiger partial charge in [-0.05, 0) is 60.5 Å². The number of hydrogen-bond donors (Lipinski definition) is 1. The van der Waals surface area contributed by atoms with Crippen molar-refractivity contribution >= 4 is 46.4 Å². The first-order valence-corrected chi connectivity index (χ1v) is 11.3. The van der Waals surface area contributed by atoms with E-state index in [1.807, 2.05) is 37.3 Å². The van der Waals surface area contributed by atoms with E-state index >= 15 is 0 Å². The Labute approximate surface area is 206 Å². The van der Waals surface area contributed by atoms with Gasteiger partial charge in [0.05, 0.1) is 18.4 Å². The van der Waals surface area contributed by atoms with Crippen molar-refractivity contribution < 1.29 is 9.53 Å². The first kappa shape index (κ1) is 23.2. The molecule has 0 aliphatic rings. The minimum absolute atomic E-state index is 0.230. The summed E-state index contributed by atoms with van der Waals surface area (Å²) in [5.41, 5.74) is 3.79. The molecule has 8 heteroatoms. The zero-order valence-electron chi connectivity index (χ0n) is 17.7. The summed E-state index contributed by atoms with van der Waals surface area (Å²) in [7, 11) is 0. The molecule has 1 aromatic heterocycles. The van der Waals surface area contributed by atoms with Gasteiger partial charge in [0, 0.05) is 32.4 Å². The third-order valence-corrected chi connectivity index (χ3v) is 6.16. The van der Waals surface area contributed by atoms with Crippen LogP contribution in [-0.2, 0) is 13.2 Å². The summed E-state index contributed by atoms with van der Waals surface area (Å²) in [6.07, 6.45) is 3.31. The Morgan fingerprint density at radius 1 is 1.00 bits per heavy atom. The maximum atomic E-state index is 12.6. The standard InChI is InChI=1S/C25H20Cl3N3O2/c1-16-11-20(9-10-22(16)26)33-15-17-5-7-18(8-6-17)25(32)30-19-12-29-31(13-19)14-21-23(27)3-2-4-24(21)28/h2-13H,14-15H2,1H3,(H,30,32). The van der Waals surface area contributed by atoms with Crippen LogP contribution in [0.2, 0.25) is 15.1 Å². The van der Waals surface area contributed by atoms with E-state index in [1.54, 1.807) is 47.4 Å². The Bertz CT molecular complexity index is 1270. The molecule has 3 aromatic carbocycles. The highest BCUT2D eigenvalue weighted by Crippen LogP contribution is 2.25. The molecule has 0 unspecified atom stereocenters. The van der Waals surface area contributed by atoms with Gasteiger partial charge in [-0.1, -0.05) is 53.0 Å². The molecule has 5 nitrogen and oxygen atoms in total. The summed E-state index contributed by atoms with van der Waals surface area (Å²) in [6, 6.07) is 18.1. The van der Waals surface area contributed by atoms with Gasteiger partial charge in [-0.15, -0.1) is 0 Å². The van der Waals surface area contributed by atoms with Crippen molar-refractivity contribution in [3.8, 4) is 5.75 Å². The summed E-state index contributed by atoms with van der Waals surface area (Å²) >= 11 is 18.5. The molecule has 4 aromatic rings. The van der Waals surface area contributed by atoms with Crippen molar-refractivity contribution in [3.05, 3.63) is 110 Å². The first-order chi connectivity index (χ1) is 15.9. The van der Waals surface area contributed by atoms with E-state index in [0.717, 1.165) is 22.4 Å². The lowest BCUT2D eigenvalue weighted by Crippen LogP contribution is -2.11. The molecule has 168 valence electrons. The summed E-state index contributed by atoms with van der Waals surface area (Å²) in [5.74, 6) is 0.514. The minimum Gasteiger partial charge on any atom is -0.489 e. The number of aryl methyl sites for hydroxylation is 1. The van der Waals surface area contributed by atoms with E-state index in [4.69, 9.17) is 39.5 Å². The minimum atomic E-state index is -0.230. The van der Waals surface area contributed by atoms with Gasteiger partial charge in [0.25, 0.3) is 5.91 Å². The maximum absolute atomic E-state index is 12.6. The van der Waals surface area contributed by atoms with Crippen LogP contribution in [0.3, 0.4) is 0 Å². The predicted octanol–water partition coefficient (Wildman–Crippen LogP) is 7.03. The summed E-state index contributed by atoms with van der Waals surface area (Å²) in [4.78, 5) is 12.6. The van der Waals surface area contributed by atoms with E-state index in [0.29, 0.717) is 39.5 Å². The number of benzene rings is 3. The third kappa shape index (κ3) is 5.88. The maximum Gasteiger partial charge on any atom is 0.255 e. The zero-order valence-corrected chi connectivity index (χ0v) is 20.0. The number of nitrogens with one attached hydrogen (secondary N) is 1. The molecule has 0 spiro atoms. The SMILES string of the molecule is Cc1cc(OCc2ccc(C(=O)Nc3cnn(Cc4c(Cl)cccc4Cl)c3)cc2)ccc1Cl. The molecule has 0 saturated heterocycles. The van der Waals surface area contributed by atoms with Crippen molar-refractivity contribution in [3.63, 3.8) is 0 Å². The van der Waals surface area contributed by atoms with Crippen LogP contribution in [0.5, 0.6) is 5.75 Å². The molecule has 0 atom stereocenters. The van der Waals surface area contributed by atoms with Gasteiger partial charge in [-0.25, -0.2) is 0 Å². The fourth-order valence-corrected chi connectivity index (χ4v) is 3.82. The summed E-state index contributed by atoms with van der Waals surface area (Å²) in [6.45, 7) is 2.72. The van der Waals surface area contributed by atoms with Crippen LogP contribution in [0, 0.1) is 6.92 Å². The number of carbonyl (C=O) groups is 1. The van der Waals surface area contributed by atoms with Gasteiger partial charge in [0.15, 0.2) is 0 Å². The Hall–Kier alpha value is -2.99. The smallest absolute Gasteiger partial charge is 0.255 e. The second-order valence-electron chi connectivity index (χ2n) is 7.48. The molecular weight excluding hydrogens is 481 g/mol. The Morgan fingerprint density at radius 2 is 1.73 bits per heavy atom. The number of halogens is 3. The molecule has 4 rings (SSSR count). The van der Waals surface area contributed by atoms with Gasteiger partial charge in [-0.3, -0.25) is 9.48 Å². The van der Waals surface area contributed by atoms with E-state index in [1.165, 1.54) is 0 Å². The lowest BCUT2D eigenvalue weighted by molar-refractivity contribution is 0.102. The molecule has 1 N–H and O–H groups in total. The number of nitrogens with zero attached hydrogens (tertiary/aromatic N) is 2. The van der Waals surface area contributed by atoms with Crippen LogP contribution in [0.25, 0.3) is 0 Å². The highest BCUT2D eigenvalue weighted by Gasteiger charge is 2.10. The van der Waals surface area contributed by atoms with Crippen molar-refractivity contribution in [2.45, 2.75) is 20.1 Å². The number of ether oxygens (including phenoxy) is 1. The number of hydrogen-bond acceptors (Lipinski definition) is 3. The molecule has 1 heterocycles. The van der Waals surface area contributed by atoms with Crippen LogP contribution < -0.4 is 10.1 Å². The molecule has 0 radical (unpaired) electrons. The predicted molar refractivity (Wildman–Crippen MR) is 133 cm³/mol. The molecule has 0 bridgehead atoms. The molecule has 1 amide bonds. The van der Waals surface area contributed by atoms with Gasteiger partial charge in [-0.2, -0.15) is 5.10 Å². The van der Waals surface area contributed by atoms with Crippen molar-refractivity contribution in [2.24, 2.45) is 0 Å². The second kappa shape index (κ2) is 10.3. The molecule has 0 aliphatic carbocycles. The number of carbonyl (C=O) groups excluding carboxylic acids is 1. The largest absolute Gasteiger partial charge is 0.489 e. The molecule has 0 saturated carbocycles. The number of aromatic nitrogens is 2. The Balaban J connectivity index is 1.34. The third-order valence-electron chi connectivity index (χ3n) is 5.02. The number of amides is 1. The Morgan fingerprint density at radius 3 is 2.42 bits per heavy atom. The molecular formula is C25H20Cl3N3O2. The van der Waals surface area contributed by atoms with Crippen LogP contribution in [0.15, 0.2) is 73.1 Å². The quantitative estimate of drug-likeness (QED) is 0.296. The Kier molecular flexibility index (Phi) is 7.23. The number of rotatable bonds is 7. The van der Waals surface area contributed by atoms with E-state index in [9.17, 15) is 4.79 Å². The van der Waals surface area contributed by atoms with Crippen LogP contribution in [0.4, 0.5) is 5.69 Å². The highest BCUT2D eigenvalue weighted by atomic mass is 35.5. The van der Waals surface area contributed by atoms with E-state index < -0.39 is 0 Å². The fraction of sp³-hybridized carbons (Fsp3) is 0.120. The fourth-order valence-electron chi connectivity index (χ4n) is 3.19. The van der Waals surface area contributed by atoms with Gasteiger partial charge in [0.1, 0.15) is 12.4 Å². The van der Waals surface area contributed by atoms with Gasteiger partial charge >= 0.3 is 0 Å². The van der Waals surface area contributed by atoms with Crippen LogP contribution in [-0.4, -0.2) is 15.7 Å². The number of anilines is 1. The molecule has 0 fully saturated rings. The molecule has 33 heavy (non-hydrogen) atoms. The second-order valence-corrected chi connectivity index (χ2v) is 8.70. The van der Waals surface area contributed by atoms with Gasteiger partial charge < -0.3 is 10.1 Å². The van der Waals surface area contributed by atoms with Crippen molar-refractivity contribution in [1.29, 1.82) is 0 Å². The van der Waals surface area contributed by atoms with Crippen molar-refractivity contribution in [1.82, 2.24) is 9.78 Å². The first-order valence-electron chi connectivity index (χ1n) is 10.1. The highest BCUT2D eigenvalue weighted by molar-refractivity contribution is 6.36. The average Bonchev–Trinajstić information content (AvgIpc) is 3.24. The van der Waals surface area contributed by atoms with Gasteiger partial charge in [0.2, 0.25) is 0 Å². The monoisotopic (exact) mass is 499 g/mol. The lowest BCUT2D eigenvalue weighted by atomic mass is 10.1. The summed E-state index contributed by atoms with van der Waals surface area (Å²) in [5, 5.41) is 8.97. The van der Waals surface area contributed by atoms with Crippen LogP contribution >= 0.6 is 34.8 Å². The zero-order chi connectivity index (χ0) is 23.4. The van der Waals surface area contributed by atoms with E-state index in [2.05, 4.69) is 10.4 Å². The van der Waals surface area contributed by atoms with Crippen molar-refractivity contribution in [2.75, 3.05) is 5.32 Å². The average molecular weight is 501 g/mol. The normalized spacial score (nSPS) is 10.8. The molecule has 0 aliphatic heterocycles. The topological polar surface area (TPSA) is 56.1 Å². The van der Waals surface area contributed by atoms with Crippen LogP contribution in [0.1, 0.15) is 27.0 Å². The summed E-state index contributed by atoms with van der Waals surface area (Å²) < 4.78 is 7.47. The lowest BCUT2D eigenvalue weighted by Gasteiger charge is -2.09.